The first-order valence-electron chi connectivity index (χ1n) is 7.68. The van der Waals surface area contributed by atoms with Gasteiger partial charge >= 0.3 is 0 Å². The number of amides is 1. The van der Waals surface area contributed by atoms with Gasteiger partial charge < -0.3 is 10.1 Å². The van der Waals surface area contributed by atoms with E-state index in [-0.39, 0.29) is 12.5 Å². The minimum absolute atomic E-state index is 0.0118. The predicted octanol–water partition coefficient (Wildman–Crippen LogP) is 4.53. The van der Waals surface area contributed by atoms with Crippen molar-refractivity contribution >= 4 is 11.6 Å². The minimum Gasteiger partial charge on any atom is -0.484 e. The van der Waals surface area contributed by atoms with Crippen LogP contribution in [-0.2, 0) is 4.79 Å². The topological polar surface area (TPSA) is 38.3 Å². The number of anilines is 1. The van der Waals surface area contributed by atoms with Crippen molar-refractivity contribution in [2.45, 2.75) is 33.1 Å². The number of benzene rings is 2. The third-order valence-electron chi connectivity index (χ3n) is 3.77. The first-order valence-corrected chi connectivity index (χ1v) is 7.68. The van der Waals surface area contributed by atoms with Crippen LogP contribution in [0.3, 0.4) is 0 Å². The zero-order valence-electron chi connectivity index (χ0n) is 13.4. The van der Waals surface area contributed by atoms with E-state index in [0.29, 0.717) is 11.7 Å². The van der Waals surface area contributed by atoms with Crippen LogP contribution < -0.4 is 10.1 Å². The Morgan fingerprint density at radius 2 is 1.82 bits per heavy atom. The zero-order chi connectivity index (χ0) is 15.9. The Kier molecular flexibility index (Phi) is 5.59. The molecule has 0 aliphatic heterocycles. The maximum atomic E-state index is 12.1. The summed E-state index contributed by atoms with van der Waals surface area (Å²) in [5, 5.41) is 2.94. The second-order valence-corrected chi connectivity index (χ2v) is 5.55. The predicted molar refractivity (Wildman–Crippen MR) is 90.5 cm³/mol. The van der Waals surface area contributed by atoms with E-state index in [2.05, 4.69) is 25.2 Å². The third-order valence-corrected chi connectivity index (χ3v) is 3.77. The van der Waals surface area contributed by atoms with Crippen molar-refractivity contribution in [2.75, 3.05) is 11.9 Å². The monoisotopic (exact) mass is 297 g/mol. The van der Waals surface area contributed by atoms with Crippen LogP contribution in [0.25, 0.3) is 0 Å². The van der Waals surface area contributed by atoms with E-state index in [1.165, 1.54) is 5.56 Å². The van der Waals surface area contributed by atoms with Gasteiger partial charge in [-0.05, 0) is 43.0 Å². The van der Waals surface area contributed by atoms with Crippen LogP contribution in [0.1, 0.15) is 37.3 Å². The van der Waals surface area contributed by atoms with Gasteiger partial charge in [0.15, 0.2) is 6.61 Å². The normalized spacial score (nSPS) is 11.8. The number of rotatable bonds is 6. The molecule has 0 aliphatic rings. The summed E-state index contributed by atoms with van der Waals surface area (Å²) in [6.07, 6.45) is 1.03. The van der Waals surface area contributed by atoms with Crippen LogP contribution in [-0.4, -0.2) is 12.5 Å². The SMILES string of the molecule is CC[C@@H](C)c1ccccc1NC(=O)COc1ccc(C)cc1. The number of carbonyl (C=O) groups excluding carboxylic acids is 1. The maximum Gasteiger partial charge on any atom is 0.262 e. The van der Waals surface area contributed by atoms with E-state index in [4.69, 9.17) is 4.74 Å². The van der Waals surface area contributed by atoms with Crippen molar-refractivity contribution in [1.82, 2.24) is 0 Å². The highest BCUT2D eigenvalue weighted by molar-refractivity contribution is 5.92. The molecule has 0 saturated carbocycles. The number of hydrogen-bond acceptors (Lipinski definition) is 2. The second-order valence-electron chi connectivity index (χ2n) is 5.55. The molecule has 0 aliphatic carbocycles. The number of para-hydroxylation sites is 1. The van der Waals surface area contributed by atoms with E-state index in [0.717, 1.165) is 17.7 Å². The van der Waals surface area contributed by atoms with Crippen molar-refractivity contribution in [3.05, 3.63) is 59.7 Å². The van der Waals surface area contributed by atoms with Gasteiger partial charge in [-0.3, -0.25) is 4.79 Å². The van der Waals surface area contributed by atoms with Gasteiger partial charge in [0.2, 0.25) is 0 Å². The molecule has 0 saturated heterocycles. The molecule has 0 heterocycles. The average Bonchev–Trinajstić information content (AvgIpc) is 2.54. The van der Waals surface area contributed by atoms with Gasteiger partial charge in [-0.25, -0.2) is 0 Å². The molecule has 0 aromatic heterocycles. The first-order chi connectivity index (χ1) is 10.6. The number of aryl methyl sites for hydroxylation is 1. The molecule has 0 fully saturated rings. The summed E-state index contributed by atoms with van der Waals surface area (Å²) in [4.78, 5) is 12.1. The van der Waals surface area contributed by atoms with Crippen molar-refractivity contribution in [3.63, 3.8) is 0 Å². The molecule has 2 aromatic rings. The molecule has 1 amide bonds. The Labute approximate surface area is 132 Å². The molecule has 0 unspecified atom stereocenters. The molecule has 3 nitrogen and oxygen atoms in total. The molecular weight excluding hydrogens is 274 g/mol. The highest BCUT2D eigenvalue weighted by Crippen LogP contribution is 2.26. The van der Waals surface area contributed by atoms with Gasteiger partial charge in [-0.15, -0.1) is 0 Å². The van der Waals surface area contributed by atoms with Crippen LogP contribution in [0.4, 0.5) is 5.69 Å². The molecule has 2 aromatic carbocycles. The van der Waals surface area contributed by atoms with Crippen LogP contribution in [0.2, 0.25) is 0 Å². The van der Waals surface area contributed by atoms with E-state index < -0.39 is 0 Å². The highest BCUT2D eigenvalue weighted by Gasteiger charge is 2.11. The van der Waals surface area contributed by atoms with Crippen molar-refractivity contribution in [1.29, 1.82) is 0 Å². The molecule has 22 heavy (non-hydrogen) atoms. The number of hydrogen-bond donors (Lipinski definition) is 1. The van der Waals surface area contributed by atoms with E-state index in [1.807, 2.05) is 49.4 Å². The van der Waals surface area contributed by atoms with Crippen molar-refractivity contribution < 1.29 is 9.53 Å². The Hall–Kier alpha value is -2.29. The lowest BCUT2D eigenvalue weighted by Crippen LogP contribution is -2.21. The Balaban J connectivity index is 1.96. The summed E-state index contributed by atoms with van der Waals surface area (Å²) in [5.41, 5.74) is 3.20. The van der Waals surface area contributed by atoms with Crippen LogP contribution in [0.5, 0.6) is 5.75 Å². The molecule has 116 valence electrons. The Morgan fingerprint density at radius 3 is 2.50 bits per heavy atom. The van der Waals surface area contributed by atoms with Crippen LogP contribution in [0, 0.1) is 6.92 Å². The molecule has 1 N–H and O–H groups in total. The Bertz CT molecular complexity index is 620. The fourth-order valence-corrected chi connectivity index (χ4v) is 2.23. The minimum atomic E-state index is -0.142. The maximum absolute atomic E-state index is 12.1. The molecule has 0 spiro atoms. The Morgan fingerprint density at radius 1 is 1.14 bits per heavy atom. The molecule has 0 bridgehead atoms. The van der Waals surface area contributed by atoms with Gasteiger partial charge in [0, 0.05) is 5.69 Å². The summed E-state index contributed by atoms with van der Waals surface area (Å²) in [7, 11) is 0. The summed E-state index contributed by atoms with van der Waals surface area (Å²) >= 11 is 0. The largest absolute Gasteiger partial charge is 0.484 e. The molecule has 3 heteroatoms. The highest BCUT2D eigenvalue weighted by atomic mass is 16.5. The molecule has 1 atom stereocenters. The van der Waals surface area contributed by atoms with Crippen molar-refractivity contribution in [2.24, 2.45) is 0 Å². The quantitative estimate of drug-likeness (QED) is 0.851. The average molecular weight is 297 g/mol. The van der Waals surface area contributed by atoms with Gasteiger partial charge in [0.05, 0.1) is 0 Å². The number of carbonyl (C=O) groups is 1. The summed E-state index contributed by atoms with van der Waals surface area (Å²) in [6, 6.07) is 15.6. The van der Waals surface area contributed by atoms with Crippen molar-refractivity contribution in [3.8, 4) is 5.75 Å². The number of nitrogens with one attached hydrogen (secondary N) is 1. The standard InChI is InChI=1S/C19H23NO2/c1-4-15(3)17-7-5-6-8-18(17)20-19(21)13-22-16-11-9-14(2)10-12-16/h5-12,15H,4,13H2,1-3H3,(H,20,21)/t15-/m1/s1. The smallest absolute Gasteiger partial charge is 0.262 e. The molecular formula is C19H23NO2. The lowest BCUT2D eigenvalue weighted by atomic mass is 9.97. The molecule has 0 radical (unpaired) electrons. The molecule has 2 rings (SSSR count). The van der Waals surface area contributed by atoms with E-state index >= 15 is 0 Å². The lowest BCUT2D eigenvalue weighted by molar-refractivity contribution is -0.118. The first kappa shape index (κ1) is 16.1. The summed E-state index contributed by atoms with van der Waals surface area (Å²) in [5.74, 6) is 0.974. The third kappa shape index (κ3) is 4.35. The van der Waals surface area contributed by atoms with Gasteiger partial charge in [-0.1, -0.05) is 49.7 Å². The second kappa shape index (κ2) is 7.64. The van der Waals surface area contributed by atoms with Gasteiger partial charge in [-0.2, -0.15) is 0 Å². The van der Waals surface area contributed by atoms with E-state index in [9.17, 15) is 4.79 Å². The van der Waals surface area contributed by atoms with Crippen LogP contribution in [0.15, 0.2) is 48.5 Å². The fraction of sp³-hybridized carbons (Fsp3) is 0.316. The zero-order valence-corrected chi connectivity index (χ0v) is 13.4. The van der Waals surface area contributed by atoms with E-state index in [1.54, 1.807) is 0 Å². The number of ether oxygens (including phenoxy) is 1. The summed E-state index contributed by atoms with van der Waals surface area (Å²) < 4.78 is 5.51. The lowest BCUT2D eigenvalue weighted by Gasteiger charge is -2.15. The summed E-state index contributed by atoms with van der Waals surface area (Å²) in [6.45, 7) is 6.33. The van der Waals surface area contributed by atoms with Crippen LogP contribution >= 0.6 is 0 Å². The van der Waals surface area contributed by atoms with Gasteiger partial charge in [0.1, 0.15) is 5.75 Å². The fourth-order valence-electron chi connectivity index (χ4n) is 2.23. The van der Waals surface area contributed by atoms with Gasteiger partial charge in [0.25, 0.3) is 5.91 Å².